The van der Waals surface area contributed by atoms with E-state index < -0.39 is 4.92 Å². The first-order chi connectivity index (χ1) is 8.06. The molecule has 0 aromatic carbocycles. The molecule has 1 heterocycles. The second-order valence-electron chi connectivity index (χ2n) is 4.05. The molecule has 2 rings (SSSR count). The number of nitrogens with zero attached hydrogens (tertiary/aromatic N) is 2. The summed E-state index contributed by atoms with van der Waals surface area (Å²) in [4.78, 5) is 14.1. The third kappa shape index (κ3) is 2.83. The van der Waals surface area contributed by atoms with Crippen LogP contribution >= 0.6 is 11.6 Å². The highest BCUT2D eigenvalue weighted by atomic mass is 35.5. The van der Waals surface area contributed by atoms with Crippen LogP contribution in [0.1, 0.15) is 19.3 Å². The van der Waals surface area contributed by atoms with Crippen LogP contribution in [0.15, 0.2) is 12.3 Å². The summed E-state index contributed by atoms with van der Waals surface area (Å²) in [6.45, 7) is 0. The summed E-state index contributed by atoms with van der Waals surface area (Å²) in [6.07, 6.45) is 3.59. The van der Waals surface area contributed by atoms with E-state index in [1.165, 1.54) is 12.3 Å². The fourth-order valence-corrected chi connectivity index (χ4v) is 2.03. The number of aromatic nitrogens is 1. The Morgan fingerprint density at radius 2 is 2.35 bits per heavy atom. The first-order valence-corrected chi connectivity index (χ1v) is 5.66. The average Bonchev–Trinajstić information content (AvgIpc) is 2.66. The van der Waals surface area contributed by atoms with Gasteiger partial charge in [-0.05, 0) is 19.3 Å². The molecular weight excluding hydrogens is 246 g/mol. The number of nitrogens with two attached hydrogens (primary N) is 1. The highest BCUT2D eigenvalue weighted by Crippen LogP contribution is 2.30. The summed E-state index contributed by atoms with van der Waals surface area (Å²) in [5.41, 5.74) is 5.54. The molecule has 1 saturated carbocycles. The predicted molar refractivity (Wildman–Crippen MR) is 62.1 cm³/mol. The van der Waals surface area contributed by atoms with E-state index in [0.717, 1.165) is 12.8 Å². The van der Waals surface area contributed by atoms with Crippen molar-refractivity contribution in [2.45, 2.75) is 31.4 Å². The minimum absolute atomic E-state index is 0.0125. The second-order valence-corrected chi connectivity index (χ2v) is 4.48. The van der Waals surface area contributed by atoms with Crippen LogP contribution in [0, 0.1) is 10.1 Å². The lowest BCUT2D eigenvalue weighted by atomic mass is 10.3. The maximum Gasteiger partial charge on any atom is 0.332 e. The SMILES string of the molecule is NC1CCC(Oc2ncc(Cl)cc2[N+](=O)[O-])C1. The van der Waals surface area contributed by atoms with Gasteiger partial charge in [0.15, 0.2) is 0 Å². The van der Waals surface area contributed by atoms with Crippen LogP contribution in [0.3, 0.4) is 0 Å². The van der Waals surface area contributed by atoms with E-state index in [2.05, 4.69) is 4.98 Å². The Kier molecular flexibility index (Phi) is 3.44. The molecule has 17 heavy (non-hydrogen) atoms. The van der Waals surface area contributed by atoms with Gasteiger partial charge in [-0.3, -0.25) is 10.1 Å². The monoisotopic (exact) mass is 257 g/mol. The highest BCUT2D eigenvalue weighted by Gasteiger charge is 2.27. The number of ether oxygens (including phenoxy) is 1. The number of pyridine rings is 1. The normalized spacial score (nSPS) is 23.6. The molecule has 2 unspecified atom stereocenters. The molecule has 1 fully saturated rings. The Hall–Kier alpha value is -1.40. The molecule has 0 spiro atoms. The Bertz CT molecular complexity index is 441. The van der Waals surface area contributed by atoms with Crippen molar-refractivity contribution >= 4 is 17.3 Å². The average molecular weight is 258 g/mol. The number of nitro groups is 1. The molecule has 6 nitrogen and oxygen atoms in total. The van der Waals surface area contributed by atoms with Gasteiger partial charge in [0, 0.05) is 12.1 Å². The molecular formula is C10H12ClN3O3. The van der Waals surface area contributed by atoms with Gasteiger partial charge in [-0.25, -0.2) is 4.98 Å². The van der Waals surface area contributed by atoms with E-state index >= 15 is 0 Å². The zero-order chi connectivity index (χ0) is 12.4. The van der Waals surface area contributed by atoms with Gasteiger partial charge in [0.25, 0.3) is 5.88 Å². The van der Waals surface area contributed by atoms with Crippen molar-refractivity contribution in [3.8, 4) is 5.88 Å². The molecule has 0 aliphatic heterocycles. The summed E-state index contributed by atoms with van der Waals surface area (Å²) in [5, 5.41) is 11.0. The molecule has 1 aromatic rings. The van der Waals surface area contributed by atoms with Gasteiger partial charge in [0.05, 0.1) is 16.1 Å². The summed E-state index contributed by atoms with van der Waals surface area (Å²) in [6, 6.07) is 1.34. The van der Waals surface area contributed by atoms with Crippen LogP contribution in [0.2, 0.25) is 5.02 Å². The molecule has 92 valence electrons. The molecule has 0 saturated heterocycles. The van der Waals surface area contributed by atoms with Gasteiger partial charge in [0.2, 0.25) is 0 Å². The predicted octanol–water partition coefficient (Wildman–Crippen LogP) is 1.90. The van der Waals surface area contributed by atoms with E-state index in [1.54, 1.807) is 0 Å². The maximum atomic E-state index is 10.8. The standard InChI is InChI=1S/C10H12ClN3O3/c11-6-3-9(14(15)16)10(13-5-6)17-8-2-1-7(12)4-8/h3,5,7-8H,1-2,4,12H2. The van der Waals surface area contributed by atoms with Gasteiger partial charge in [-0.15, -0.1) is 0 Å². The quantitative estimate of drug-likeness (QED) is 0.660. The van der Waals surface area contributed by atoms with Crippen molar-refractivity contribution in [1.82, 2.24) is 4.98 Å². The van der Waals surface area contributed by atoms with Crippen molar-refractivity contribution in [3.05, 3.63) is 27.4 Å². The molecule has 1 aromatic heterocycles. The zero-order valence-corrected chi connectivity index (χ0v) is 9.76. The summed E-state index contributed by atoms with van der Waals surface area (Å²) in [7, 11) is 0. The largest absolute Gasteiger partial charge is 0.469 e. The van der Waals surface area contributed by atoms with Crippen LogP contribution in [0.4, 0.5) is 5.69 Å². The minimum Gasteiger partial charge on any atom is -0.469 e. The third-order valence-electron chi connectivity index (χ3n) is 2.70. The lowest BCUT2D eigenvalue weighted by Gasteiger charge is -2.12. The van der Waals surface area contributed by atoms with Gasteiger partial charge >= 0.3 is 5.69 Å². The summed E-state index contributed by atoms with van der Waals surface area (Å²) in [5.74, 6) is 0.0125. The molecule has 2 atom stereocenters. The van der Waals surface area contributed by atoms with Gasteiger partial charge < -0.3 is 10.5 Å². The van der Waals surface area contributed by atoms with E-state index in [9.17, 15) is 10.1 Å². The van der Waals surface area contributed by atoms with Crippen LogP contribution in [-0.2, 0) is 0 Å². The molecule has 2 N–H and O–H groups in total. The molecule has 1 aliphatic rings. The number of hydrogen-bond donors (Lipinski definition) is 1. The highest BCUT2D eigenvalue weighted by molar-refractivity contribution is 6.30. The van der Waals surface area contributed by atoms with Gasteiger partial charge in [-0.1, -0.05) is 11.6 Å². The summed E-state index contributed by atoms with van der Waals surface area (Å²) < 4.78 is 5.50. The van der Waals surface area contributed by atoms with Crippen molar-refractivity contribution in [2.75, 3.05) is 0 Å². The van der Waals surface area contributed by atoms with Crippen LogP contribution in [0.5, 0.6) is 5.88 Å². The zero-order valence-electron chi connectivity index (χ0n) is 9.01. The first-order valence-electron chi connectivity index (χ1n) is 5.28. The van der Waals surface area contributed by atoms with Gasteiger partial charge in [0.1, 0.15) is 6.10 Å². The lowest BCUT2D eigenvalue weighted by molar-refractivity contribution is -0.386. The fourth-order valence-electron chi connectivity index (χ4n) is 1.88. The molecule has 0 bridgehead atoms. The maximum absolute atomic E-state index is 10.8. The lowest BCUT2D eigenvalue weighted by Crippen LogP contribution is -2.19. The molecule has 0 amide bonds. The van der Waals surface area contributed by atoms with E-state index in [-0.39, 0.29) is 28.7 Å². The Morgan fingerprint density at radius 3 is 2.94 bits per heavy atom. The van der Waals surface area contributed by atoms with Crippen molar-refractivity contribution in [3.63, 3.8) is 0 Å². The Morgan fingerprint density at radius 1 is 1.59 bits per heavy atom. The van der Waals surface area contributed by atoms with Crippen LogP contribution in [0.25, 0.3) is 0 Å². The van der Waals surface area contributed by atoms with Crippen molar-refractivity contribution in [2.24, 2.45) is 5.73 Å². The number of halogens is 1. The fraction of sp³-hybridized carbons (Fsp3) is 0.500. The van der Waals surface area contributed by atoms with E-state index in [0.29, 0.717) is 6.42 Å². The minimum atomic E-state index is -0.552. The molecule has 7 heteroatoms. The van der Waals surface area contributed by atoms with Crippen molar-refractivity contribution in [1.29, 1.82) is 0 Å². The number of rotatable bonds is 3. The van der Waals surface area contributed by atoms with E-state index in [1.807, 2.05) is 0 Å². The first kappa shape index (κ1) is 12.1. The van der Waals surface area contributed by atoms with Gasteiger partial charge in [-0.2, -0.15) is 0 Å². The topological polar surface area (TPSA) is 91.3 Å². The number of hydrogen-bond acceptors (Lipinski definition) is 5. The second kappa shape index (κ2) is 4.85. The Balaban J connectivity index is 2.17. The molecule has 0 radical (unpaired) electrons. The van der Waals surface area contributed by atoms with Crippen LogP contribution < -0.4 is 10.5 Å². The molecule has 1 aliphatic carbocycles. The smallest absolute Gasteiger partial charge is 0.332 e. The van der Waals surface area contributed by atoms with Crippen LogP contribution in [-0.4, -0.2) is 22.1 Å². The Labute approximate surface area is 103 Å². The van der Waals surface area contributed by atoms with Crippen molar-refractivity contribution < 1.29 is 9.66 Å². The van der Waals surface area contributed by atoms with E-state index in [4.69, 9.17) is 22.1 Å². The summed E-state index contributed by atoms with van der Waals surface area (Å²) >= 11 is 5.66. The third-order valence-corrected chi connectivity index (χ3v) is 2.91.